The van der Waals surface area contributed by atoms with Crippen molar-refractivity contribution in [1.82, 2.24) is 0 Å². The fraction of sp³-hybridized carbons (Fsp3) is 0.0667. The van der Waals surface area contributed by atoms with E-state index in [1.165, 1.54) is 0 Å². The normalized spacial score (nSPS) is 15.4. The van der Waals surface area contributed by atoms with Crippen LogP contribution in [0.3, 0.4) is 0 Å². The summed E-state index contributed by atoms with van der Waals surface area (Å²) >= 11 is 0. The van der Waals surface area contributed by atoms with Gasteiger partial charge in [0.05, 0.1) is 27.8 Å². The highest BCUT2D eigenvalue weighted by Gasteiger charge is 2.45. The minimum Gasteiger partial charge on any atom is -0.203 e. The van der Waals surface area contributed by atoms with E-state index in [2.05, 4.69) is 0 Å². The maximum absolute atomic E-state index is 15.0. The van der Waals surface area contributed by atoms with Gasteiger partial charge < -0.3 is 0 Å². The first kappa shape index (κ1) is 32.9. The molecular formula is C30H6F12N4. The number of halogens is 12. The molecule has 16 heteroatoms. The Labute approximate surface area is 248 Å². The van der Waals surface area contributed by atoms with E-state index in [-0.39, 0.29) is 0 Å². The predicted octanol–water partition coefficient (Wildman–Crippen LogP) is 8.15. The van der Waals surface area contributed by atoms with Crippen molar-refractivity contribution in [2.24, 2.45) is 0 Å². The highest BCUT2D eigenvalue weighted by Crippen LogP contribution is 2.57. The lowest BCUT2D eigenvalue weighted by Gasteiger charge is -2.09. The van der Waals surface area contributed by atoms with Crippen LogP contribution >= 0.6 is 0 Å². The molecule has 4 nitrogen and oxygen atoms in total. The zero-order valence-corrected chi connectivity index (χ0v) is 22.3. The predicted molar refractivity (Wildman–Crippen MR) is 131 cm³/mol. The molecule has 0 unspecified atom stereocenters. The van der Waals surface area contributed by atoms with Gasteiger partial charge in [-0.3, -0.25) is 0 Å². The first-order valence-electron chi connectivity index (χ1n) is 11.9. The quantitative estimate of drug-likeness (QED) is 0.162. The Morgan fingerprint density at radius 3 is 0.978 bits per heavy atom. The second kappa shape index (κ2) is 11.5. The van der Waals surface area contributed by atoms with Crippen molar-refractivity contribution in [3.63, 3.8) is 0 Å². The molecule has 0 N–H and O–H groups in total. The van der Waals surface area contributed by atoms with Crippen molar-refractivity contribution < 1.29 is 52.7 Å². The van der Waals surface area contributed by atoms with Crippen molar-refractivity contribution in [2.45, 2.75) is 13.8 Å². The van der Waals surface area contributed by atoms with Crippen LogP contribution in [0.4, 0.5) is 52.7 Å². The van der Waals surface area contributed by atoms with E-state index in [0.29, 0.717) is 13.8 Å². The van der Waals surface area contributed by atoms with Gasteiger partial charge in [0.25, 0.3) is 0 Å². The highest BCUT2D eigenvalue weighted by atomic mass is 19.2. The Kier molecular flexibility index (Phi) is 8.22. The molecule has 0 bridgehead atoms. The molecule has 230 valence electrons. The van der Waals surface area contributed by atoms with E-state index >= 15 is 8.78 Å². The van der Waals surface area contributed by atoms with E-state index in [1.807, 2.05) is 0 Å². The Bertz CT molecular complexity index is 2150. The van der Waals surface area contributed by atoms with Crippen LogP contribution in [-0.2, 0) is 0 Å². The van der Waals surface area contributed by atoms with Gasteiger partial charge in [-0.05, 0) is 25.0 Å². The molecule has 0 heterocycles. The van der Waals surface area contributed by atoms with Gasteiger partial charge in [-0.2, -0.15) is 21.0 Å². The van der Waals surface area contributed by atoms with Gasteiger partial charge in [0.15, 0.2) is 69.8 Å². The van der Waals surface area contributed by atoms with Crippen LogP contribution in [0.5, 0.6) is 0 Å². The van der Waals surface area contributed by atoms with Crippen LogP contribution in [0, 0.1) is 122 Å². The van der Waals surface area contributed by atoms with Crippen LogP contribution in [0.1, 0.15) is 40.3 Å². The lowest BCUT2D eigenvalue weighted by atomic mass is 9.99. The summed E-state index contributed by atoms with van der Waals surface area (Å²) in [6.45, 7) is 1.18. The molecule has 0 spiro atoms. The number of hydrogen-bond donors (Lipinski definition) is 0. The summed E-state index contributed by atoms with van der Waals surface area (Å²) in [6.07, 6.45) is 0. The van der Waals surface area contributed by atoms with Gasteiger partial charge in [0.2, 0.25) is 0 Å². The number of allylic oxidation sites excluding steroid dienone is 6. The lowest BCUT2D eigenvalue weighted by molar-refractivity contribution is 0.442. The molecule has 0 aliphatic heterocycles. The fourth-order valence-corrected chi connectivity index (χ4v) is 4.63. The molecule has 0 radical (unpaired) electrons. The average molecular weight is 650 g/mol. The average Bonchev–Trinajstić information content (AvgIpc) is 3.76. The van der Waals surface area contributed by atoms with E-state index < -0.39 is 137 Å². The minimum atomic E-state index is -2.42. The third-order valence-corrected chi connectivity index (χ3v) is 6.89. The molecule has 0 amide bonds. The zero-order valence-electron chi connectivity index (χ0n) is 22.3. The fourth-order valence-electron chi connectivity index (χ4n) is 4.63. The van der Waals surface area contributed by atoms with Crippen LogP contribution in [0.15, 0.2) is 16.7 Å². The van der Waals surface area contributed by atoms with Crippen molar-refractivity contribution in [3.05, 3.63) is 120 Å². The van der Waals surface area contributed by atoms with Crippen LogP contribution in [0.25, 0.3) is 16.7 Å². The molecule has 46 heavy (non-hydrogen) atoms. The summed E-state index contributed by atoms with van der Waals surface area (Å²) in [5.41, 5.74) is -17.8. The first-order chi connectivity index (χ1) is 21.5. The van der Waals surface area contributed by atoms with Gasteiger partial charge in [-0.25, -0.2) is 52.7 Å². The molecule has 1 saturated carbocycles. The molecule has 1 aliphatic carbocycles. The number of nitriles is 4. The van der Waals surface area contributed by atoms with Crippen molar-refractivity contribution >= 4 is 16.7 Å². The molecule has 0 atom stereocenters. The Morgan fingerprint density at radius 2 is 0.696 bits per heavy atom. The van der Waals surface area contributed by atoms with Gasteiger partial charge >= 0.3 is 0 Å². The summed E-state index contributed by atoms with van der Waals surface area (Å²) in [5.74, 6) is -27.3. The van der Waals surface area contributed by atoms with Crippen molar-refractivity contribution in [1.29, 1.82) is 21.0 Å². The molecule has 0 aromatic heterocycles. The summed E-state index contributed by atoms with van der Waals surface area (Å²) in [4.78, 5) is 0. The van der Waals surface area contributed by atoms with E-state index in [4.69, 9.17) is 10.5 Å². The zero-order chi connectivity index (χ0) is 34.7. The van der Waals surface area contributed by atoms with E-state index in [1.54, 1.807) is 0 Å². The Hall–Kier alpha value is -6.00. The van der Waals surface area contributed by atoms with E-state index in [0.717, 1.165) is 24.3 Å². The molecular weight excluding hydrogens is 644 g/mol. The molecule has 0 saturated heterocycles. The Morgan fingerprint density at radius 1 is 0.413 bits per heavy atom. The van der Waals surface area contributed by atoms with Crippen LogP contribution < -0.4 is 0 Å². The molecule has 3 aromatic rings. The number of benzene rings is 3. The smallest absolute Gasteiger partial charge is 0.180 e. The number of nitrogens with zero attached hydrogens (tertiary/aromatic N) is 4. The van der Waals surface area contributed by atoms with E-state index in [9.17, 15) is 54.4 Å². The molecule has 1 aliphatic rings. The van der Waals surface area contributed by atoms with Gasteiger partial charge in [0, 0.05) is 16.7 Å². The maximum Gasteiger partial charge on any atom is 0.180 e. The SMILES string of the molecule is C/C(=C1\C(=C(C#N)c2c(F)c(F)c(C)c(F)c2F)\C1=C(\C#N)c1c(F)c(F)c(C#N)c(F)c1F)c1c(F)c(F)c(C#N)c(F)c1F. The third-order valence-electron chi connectivity index (χ3n) is 6.89. The third kappa shape index (κ3) is 4.46. The maximum atomic E-state index is 15.0. The molecule has 4 rings (SSSR count). The minimum absolute atomic E-state index is 0.588. The largest absolute Gasteiger partial charge is 0.203 e. The monoisotopic (exact) mass is 650 g/mol. The number of hydrogen-bond acceptors (Lipinski definition) is 4. The molecule has 3 aromatic carbocycles. The first-order valence-corrected chi connectivity index (χ1v) is 11.9. The Balaban J connectivity index is 2.32. The van der Waals surface area contributed by atoms with Crippen LogP contribution in [0.2, 0.25) is 0 Å². The number of rotatable bonds is 3. The second-order valence-electron chi connectivity index (χ2n) is 9.22. The van der Waals surface area contributed by atoms with Crippen molar-refractivity contribution in [3.8, 4) is 24.3 Å². The van der Waals surface area contributed by atoms with Crippen LogP contribution in [-0.4, -0.2) is 0 Å². The van der Waals surface area contributed by atoms with Crippen molar-refractivity contribution in [2.75, 3.05) is 0 Å². The summed E-state index contributed by atoms with van der Waals surface area (Å²) in [5, 5.41) is 37.3. The van der Waals surface area contributed by atoms with Gasteiger partial charge in [-0.1, -0.05) is 0 Å². The molecule has 1 fully saturated rings. The summed E-state index contributed by atoms with van der Waals surface area (Å²) in [7, 11) is 0. The summed E-state index contributed by atoms with van der Waals surface area (Å²) in [6, 6.07) is 3.84. The van der Waals surface area contributed by atoms with Gasteiger partial charge in [0.1, 0.15) is 35.4 Å². The topological polar surface area (TPSA) is 95.2 Å². The standard InChI is InChI=1S/C30H6F12N4/c1-7(14-25(37)21(33)11(5-45)22(34)26(14)38)13-15(9(3-43)17-27(39)19(31)8(2)20(32)28(17)40)16(13)10(4-44)18-29(41)23(35)12(6-46)24(36)30(18)42/h1-2H3/b13-7-,15-9?,16-10-. The lowest BCUT2D eigenvalue weighted by Crippen LogP contribution is -2.06. The van der Waals surface area contributed by atoms with Gasteiger partial charge in [-0.15, -0.1) is 0 Å². The second-order valence-corrected chi connectivity index (χ2v) is 9.22. The highest BCUT2D eigenvalue weighted by molar-refractivity contribution is 6.10. The summed E-state index contributed by atoms with van der Waals surface area (Å²) < 4.78 is 177.